The summed E-state index contributed by atoms with van der Waals surface area (Å²) < 4.78 is 1.96. The van der Waals surface area contributed by atoms with Crippen LogP contribution in [0.15, 0.2) is 26.5 Å². The molecule has 0 aliphatic rings. The van der Waals surface area contributed by atoms with E-state index in [0.717, 1.165) is 0 Å². The molecular formula is C8H6BrN3O2. The second-order valence-corrected chi connectivity index (χ2v) is 3.69. The fourth-order valence-corrected chi connectivity index (χ4v) is 1.89. The van der Waals surface area contributed by atoms with Crippen molar-refractivity contribution in [3.63, 3.8) is 0 Å². The van der Waals surface area contributed by atoms with Gasteiger partial charge in [-0.05, 0) is 15.9 Å². The zero-order valence-electron chi connectivity index (χ0n) is 7.24. The number of hydrogen-bond acceptors (Lipinski definition) is 3. The molecule has 2 heterocycles. The quantitative estimate of drug-likeness (QED) is 0.693. The Labute approximate surface area is 86.5 Å². The molecule has 0 amide bonds. The highest BCUT2D eigenvalue weighted by atomic mass is 79.9. The predicted molar refractivity (Wildman–Crippen MR) is 55.3 cm³/mol. The summed E-state index contributed by atoms with van der Waals surface area (Å²) in [7, 11) is 1.55. The topological polar surface area (TPSA) is 67.8 Å². The first-order valence-corrected chi connectivity index (χ1v) is 4.63. The third kappa shape index (κ3) is 1.19. The van der Waals surface area contributed by atoms with Gasteiger partial charge in [-0.1, -0.05) is 0 Å². The molecule has 0 aliphatic carbocycles. The molecule has 0 atom stereocenters. The van der Waals surface area contributed by atoms with Crippen molar-refractivity contribution in [3.8, 4) is 0 Å². The van der Waals surface area contributed by atoms with Crippen molar-refractivity contribution in [2.24, 2.45) is 7.05 Å². The molecule has 0 aromatic carbocycles. The summed E-state index contributed by atoms with van der Waals surface area (Å²) in [6.07, 6.45) is 3.07. The highest BCUT2D eigenvalue weighted by Crippen LogP contribution is 2.17. The van der Waals surface area contributed by atoms with Crippen LogP contribution in [0.1, 0.15) is 0 Å². The molecule has 0 saturated heterocycles. The Bertz CT molecular complexity index is 614. The number of H-pyrrole nitrogens is 1. The van der Waals surface area contributed by atoms with Crippen LogP contribution in [0.3, 0.4) is 0 Å². The molecule has 0 saturated carbocycles. The van der Waals surface area contributed by atoms with Crippen LogP contribution in [-0.4, -0.2) is 14.5 Å². The van der Waals surface area contributed by atoms with Gasteiger partial charge in [0, 0.05) is 13.2 Å². The third-order valence-electron chi connectivity index (χ3n) is 1.96. The van der Waals surface area contributed by atoms with E-state index in [4.69, 9.17) is 0 Å². The van der Waals surface area contributed by atoms with E-state index >= 15 is 0 Å². The molecule has 0 bridgehead atoms. The van der Waals surface area contributed by atoms with E-state index in [1.54, 1.807) is 13.2 Å². The number of rotatable bonds is 0. The zero-order valence-corrected chi connectivity index (χ0v) is 8.83. The number of nitrogens with zero attached hydrogens (tertiary/aromatic N) is 2. The third-order valence-corrected chi connectivity index (χ3v) is 2.54. The van der Waals surface area contributed by atoms with Gasteiger partial charge in [0.25, 0.3) is 0 Å². The molecule has 2 aromatic rings. The van der Waals surface area contributed by atoms with Gasteiger partial charge >= 0.3 is 11.1 Å². The fourth-order valence-electron chi connectivity index (χ4n) is 1.29. The van der Waals surface area contributed by atoms with Crippen molar-refractivity contribution in [1.29, 1.82) is 0 Å². The van der Waals surface area contributed by atoms with Crippen LogP contribution < -0.4 is 11.1 Å². The lowest BCUT2D eigenvalue weighted by Crippen LogP contribution is -2.34. The number of pyridine rings is 1. The fraction of sp³-hybridized carbons (Fsp3) is 0.125. The molecule has 0 unspecified atom stereocenters. The molecule has 6 heteroatoms. The van der Waals surface area contributed by atoms with Crippen LogP contribution in [0.5, 0.6) is 0 Å². The lowest BCUT2D eigenvalue weighted by atomic mass is 10.4. The number of nitrogens with one attached hydrogen (secondary N) is 1. The van der Waals surface area contributed by atoms with Crippen molar-refractivity contribution < 1.29 is 0 Å². The van der Waals surface area contributed by atoms with Gasteiger partial charge in [0.15, 0.2) is 0 Å². The maximum absolute atomic E-state index is 11.3. The van der Waals surface area contributed by atoms with E-state index in [0.29, 0.717) is 15.5 Å². The molecule has 0 aliphatic heterocycles. The smallest absolute Gasteiger partial charge is 0.315 e. The number of aryl methyl sites for hydroxylation is 1. The average Bonchev–Trinajstić information content (AvgIpc) is 2.14. The van der Waals surface area contributed by atoms with E-state index in [-0.39, 0.29) is 0 Å². The number of halogens is 1. The highest BCUT2D eigenvalue weighted by Gasteiger charge is 2.06. The van der Waals surface area contributed by atoms with Crippen molar-refractivity contribution >= 4 is 27.0 Å². The van der Waals surface area contributed by atoms with E-state index in [1.807, 2.05) is 0 Å². The summed E-state index contributed by atoms with van der Waals surface area (Å²) >= 11 is 3.26. The number of hydrogen-bond donors (Lipinski definition) is 1. The minimum atomic E-state index is -0.639. The van der Waals surface area contributed by atoms with Crippen LogP contribution in [0.4, 0.5) is 0 Å². The summed E-state index contributed by atoms with van der Waals surface area (Å²) in [4.78, 5) is 28.8. The Morgan fingerprint density at radius 3 is 2.86 bits per heavy atom. The Kier molecular flexibility index (Phi) is 1.99. The second kappa shape index (κ2) is 3.06. The molecule has 5 nitrogen and oxygen atoms in total. The number of aromatic amines is 1. The van der Waals surface area contributed by atoms with Crippen LogP contribution in [0, 0.1) is 0 Å². The maximum Gasteiger partial charge on any atom is 0.316 e. The summed E-state index contributed by atoms with van der Waals surface area (Å²) in [5, 5.41) is 0. The molecule has 0 radical (unpaired) electrons. The van der Waals surface area contributed by atoms with Crippen molar-refractivity contribution in [2.75, 3.05) is 0 Å². The Morgan fingerprint density at radius 1 is 1.43 bits per heavy atom. The summed E-state index contributed by atoms with van der Waals surface area (Å²) in [5.41, 5.74) is -0.0552. The minimum Gasteiger partial charge on any atom is -0.315 e. The first-order valence-electron chi connectivity index (χ1n) is 3.84. The number of fused-ring (bicyclic) bond motifs is 1. The van der Waals surface area contributed by atoms with Crippen LogP contribution >= 0.6 is 15.9 Å². The summed E-state index contributed by atoms with van der Waals surface area (Å²) in [6.45, 7) is 0. The highest BCUT2D eigenvalue weighted by molar-refractivity contribution is 9.10. The van der Waals surface area contributed by atoms with Gasteiger partial charge in [-0.3, -0.25) is 14.6 Å². The van der Waals surface area contributed by atoms with Crippen molar-refractivity contribution in [1.82, 2.24) is 14.5 Å². The Hall–Kier alpha value is -1.43. The molecule has 0 fully saturated rings. The van der Waals surface area contributed by atoms with Gasteiger partial charge in [-0.25, -0.2) is 0 Å². The molecule has 2 aromatic heterocycles. The lowest BCUT2D eigenvalue weighted by molar-refractivity contribution is 0.869. The van der Waals surface area contributed by atoms with Crippen LogP contribution in [0.2, 0.25) is 0 Å². The monoisotopic (exact) mass is 255 g/mol. The van der Waals surface area contributed by atoms with Gasteiger partial charge in [0.05, 0.1) is 21.7 Å². The van der Waals surface area contributed by atoms with Gasteiger partial charge < -0.3 is 9.55 Å². The Balaban J connectivity index is 3.15. The molecule has 1 N–H and O–H groups in total. The van der Waals surface area contributed by atoms with Gasteiger partial charge in [0.1, 0.15) is 0 Å². The second-order valence-electron chi connectivity index (χ2n) is 2.84. The standard InChI is InChI=1S/C8H6BrN3O2/c1-12-6-4(9)2-10-3-5(6)11-7(13)8(12)14/h2-3H,1H3,(H,11,13). The van der Waals surface area contributed by atoms with Gasteiger partial charge in [0.2, 0.25) is 0 Å². The SMILES string of the molecule is Cn1c(=O)c(=O)[nH]c2cncc(Br)c21. The zero-order chi connectivity index (χ0) is 10.3. The van der Waals surface area contributed by atoms with Crippen LogP contribution in [-0.2, 0) is 7.05 Å². The van der Waals surface area contributed by atoms with E-state index < -0.39 is 11.1 Å². The van der Waals surface area contributed by atoms with Gasteiger partial charge in [-0.2, -0.15) is 0 Å². The minimum absolute atomic E-state index is 0.534. The number of aromatic nitrogens is 3. The molecule has 0 spiro atoms. The van der Waals surface area contributed by atoms with Crippen molar-refractivity contribution in [3.05, 3.63) is 37.6 Å². The molecule has 2 rings (SSSR count). The predicted octanol–water partition coefficient (Wildman–Crippen LogP) is 0.384. The summed E-state index contributed by atoms with van der Waals surface area (Å²) in [5.74, 6) is 0. The molecule has 72 valence electrons. The van der Waals surface area contributed by atoms with Crippen LogP contribution in [0.25, 0.3) is 11.0 Å². The molecular weight excluding hydrogens is 250 g/mol. The lowest BCUT2D eigenvalue weighted by Gasteiger charge is -2.04. The van der Waals surface area contributed by atoms with Gasteiger partial charge in [-0.15, -0.1) is 0 Å². The van der Waals surface area contributed by atoms with E-state index in [2.05, 4.69) is 25.9 Å². The molecule has 14 heavy (non-hydrogen) atoms. The van der Waals surface area contributed by atoms with E-state index in [9.17, 15) is 9.59 Å². The Morgan fingerprint density at radius 2 is 2.14 bits per heavy atom. The average molecular weight is 256 g/mol. The first kappa shape index (κ1) is 9.14. The largest absolute Gasteiger partial charge is 0.316 e. The normalized spacial score (nSPS) is 10.7. The first-order chi connectivity index (χ1) is 6.61. The summed E-state index contributed by atoms with van der Waals surface area (Å²) in [6, 6.07) is 0. The maximum atomic E-state index is 11.3. The van der Waals surface area contributed by atoms with E-state index in [1.165, 1.54) is 10.8 Å². The van der Waals surface area contributed by atoms with Crippen molar-refractivity contribution in [2.45, 2.75) is 0 Å².